The average Bonchev–Trinajstić information content (AvgIpc) is 2.70. The molecule has 0 aromatic rings. The molecule has 0 bridgehead atoms. The standard InChI is InChI=1S/C9H10N4O2/c14-13(15)7-9-3-1-2-5-12(9)11-6-4-10-8-11/h1-3,5,7-8H,4,6H2. The van der Waals surface area contributed by atoms with Crippen LogP contribution in [0.15, 0.2) is 41.3 Å². The first-order valence-corrected chi connectivity index (χ1v) is 4.53. The Hall–Kier alpha value is -2.11. The topological polar surface area (TPSA) is 62.0 Å². The molecule has 0 aromatic carbocycles. The summed E-state index contributed by atoms with van der Waals surface area (Å²) in [5.41, 5.74) is 0.524. The van der Waals surface area contributed by atoms with Crippen molar-refractivity contribution in [2.45, 2.75) is 0 Å². The summed E-state index contributed by atoms with van der Waals surface area (Å²) in [4.78, 5) is 14.0. The van der Waals surface area contributed by atoms with Crippen molar-refractivity contribution in [1.82, 2.24) is 10.0 Å². The highest BCUT2D eigenvalue weighted by Crippen LogP contribution is 2.15. The third kappa shape index (κ3) is 2.04. The minimum Gasteiger partial charge on any atom is -0.272 e. The van der Waals surface area contributed by atoms with Crippen LogP contribution in [0.4, 0.5) is 0 Å². The highest BCUT2D eigenvalue weighted by molar-refractivity contribution is 5.57. The van der Waals surface area contributed by atoms with Gasteiger partial charge in [-0.15, -0.1) is 0 Å². The summed E-state index contributed by atoms with van der Waals surface area (Å²) >= 11 is 0. The molecule has 6 heteroatoms. The molecule has 0 N–H and O–H groups in total. The van der Waals surface area contributed by atoms with E-state index in [9.17, 15) is 10.1 Å². The van der Waals surface area contributed by atoms with Gasteiger partial charge in [0.25, 0.3) is 6.20 Å². The van der Waals surface area contributed by atoms with Crippen LogP contribution in [0.5, 0.6) is 0 Å². The molecular weight excluding hydrogens is 196 g/mol. The second kappa shape index (κ2) is 3.95. The molecule has 0 aromatic heterocycles. The summed E-state index contributed by atoms with van der Waals surface area (Å²) in [5, 5.41) is 14.0. The van der Waals surface area contributed by atoms with E-state index in [0.717, 1.165) is 19.3 Å². The smallest absolute Gasteiger partial charge is 0.259 e. The first kappa shape index (κ1) is 9.45. The van der Waals surface area contributed by atoms with Crippen LogP contribution in [0.2, 0.25) is 0 Å². The van der Waals surface area contributed by atoms with Gasteiger partial charge in [-0.25, -0.2) is 0 Å². The molecule has 2 aliphatic heterocycles. The van der Waals surface area contributed by atoms with Gasteiger partial charge < -0.3 is 0 Å². The lowest BCUT2D eigenvalue weighted by Crippen LogP contribution is -2.36. The lowest BCUT2D eigenvalue weighted by atomic mass is 10.3. The Balaban J connectivity index is 2.21. The maximum Gasteiger partial charge on any atom is 0.259 e. The van der Waals surface area contributed by atoms with Crippen LogP contribution in [0, 0.1) is 10.1 Å². The van der Waals surface area contributed by atoms with E-state index in [0.29, 0.717) is 5.70 Å². The zero-order chi connectivity index (χ0) is 10.7. The van der Waals surface area contributed by atoms with Crippen LogP contribution < -0.4 is 0 Å². The van der Waals surface area contributed by atoms with E-state index in [-0.39, 0.29) is 0 Å². The van der Waals surface area contributed by atoms with Crippen molar-refractivity contribution in [3.63, 3.8) is 0 Å². The number of nitro groups is 1. The summed E-state index contributed by atoms with van der Waals surface area (Å²) in [6, 6.07) is 0. The van der Waals surface area contributed by atoms with Crippen LogP contribution in [-0.2, 0) is 0 Å². The van der Waals surface area contributed by atoms with Crippen molar-refractivity contribution >= 4 is 6.34 Å². The van der Waals surface area contributed by atoms with Crippen molar-refractivity contribution in [3.8, 4) is 0 Å². The predicted octanol–water partition coefficient (Wildman–Crippen LogP) is 0.749. The van der Waals surface area contributed by atoms with Crippen molar-refractivity contribution in [2.24, 2.45) is 4.99 Å². The SMILES string of the molecule is O=[N+]([O-])C=C1C=CC=CN1N1C=NCC1. The van der Waals surface area contributed by atoms with Crippen LogP contribution in [0.3, 0.4) is 0 Å². The van der Waals surface area contributed by atoms with E-state index in [2.05, 4.69) is 4.99 Å². The molecule has 0 unspecified atom stereocenters. The first-order chi connectivity index (χ1) is 7.27. The summed E-state index contributed by atoms with van der Waals surface area (Å²) in [5.74, 6) is 0. The van der Waals surface area contributed by atoms with E-state index >= 15 is 0 Å². The normalized spacial score (nSPS) is 21.7. The van der Waals surface area contributed by atoms with Gasteiger partial charge in [-0.3, -0.25) is 25.1 Å². The molecular formula is C9H10N4O2. The third-order valence-corrected chi connectivity index (χ3v) is 2.06. The van der Waals surface area contributed by atoms with Gasteiger partial charge in [0.1, 0.15) is 12.0 Å². The van der Waals surface area contributed by atoms with E-state index in [1.807, 2.05) is 11.1 Å². The van der Waals surface area contributed by atoms with Gasteiger partial charge in [0.2, 0.25) is 0 Å². The minimum absolute atomic E-state index is 0.459. The number of rotatable bonds is 2. The molecule has 0 amide bonds. The molecule has 0 saturated heterocycles. The number of allylic oxidation sites excluding steroid dienone is 3. The molecule has 15 heavy (non-hydrogen) atoms. The van der Waals surface area contributed by atoms with Crippen LogP contribution >= 0.6 is 0 Å². The molecule has 2 aliphatic rings. The molecule has 0 spiro atoms. The number of hydrazine groups is 1. The molecule has 2 rings (SSSR count). The summed E-state index contributed by atoms with van der Waals surface area (Å²) in [6.07, 6.45) is 9.70. The first-order valence-electron chi connectivity index (χ1n) is 4.53. The van der Waals surface area contributed by atoms with Crippen LogP contribution in [0.1, 0.15) is 0 Å². The Kier molecular flexibility index (Phi) is 2.49. The molecule has 0 aliphatic carbocycles. The minimum atomic E-state index is -0.459. The Morgan fingerprint density at radius 2 is 2.40 bits per heavy atom. The zero-order valence-electron chi connectivity index (χ0n) is 7.98. The third-order valence-electron chi connectivity index (χ3n) is 2.06. The molecule has 2 heterocycles. The highest BCUT2D eigenvalue weighted by Gasteiger charge is 2.18. The van der Waals surface area contributed by atoms with E-state index < -0.39 is 4.92 Å². The number of aliphatic imine (C=N–C) groups is 1. The lowest BCUT2D eigenvalue weighted by molar-refractivity contribution is -0.404. The largest absolute Gasteiger partial charge is 0.272 e. The van der Waals surface area contributed by atoms with Crippen molar-refractivity contribution in [1.29, 1.82) is 0 Å². The molecule has 0 atom stereocenters. The van der Waals surface area contributed by atoms with E-state index in [1.54, 1.807) is 29.7 Å². The van der Waals surface area contributed by atoms with Gasteiger partial charge in [-0.1, -0.05) is 6.08 Å². The fourth-order valence-electron chi connectivity index (χ4n) is 1.43. The average molecular weight is 206 g/mol. The van der Waals surface area contributed by atoms with Crippen LogP contribution in [-0.4, -0.2) is 34.4 Å². The van der Waals surface area contributed by atoms with Gasteiger partial charge >= 0.3 is 0 Å². The zero-order valence-corrected chi connectivity index (χ0v) is 7.98. The summed E-state index contributed by atoms with van der Waals surface area (Å²) in [6.45, 7) is 1.47. The second-order valence-corrected chi connectivity index (χ2v) is 3.07. The highest BCUT2D eigenvalue weighted by atomic mass is 16.6. The van der Waals surface area contributed by atoms with Crippen molar-refractivity contribution < 1.29 is 4.92 Å². The Labute approximate surface area is 86.6 Å². The number of hydrogen-bond acceptors (Lipinski definition) is 5. The van der Waals surface area contributed by atoms with Gasteiger partial charge in [0.05, 0.1) is 18.0 Å². The van der Waals surface area contributed by atoms with Crippen LogP contribution in [0.25, 0.3) is 0 Å². The molecule has 6 nitrogen and oxygen atoms in total. The maximum absolute atomic E-state index is 10.4. The Morgan fingerprint density at radius 1 is 1.53 bits per heavy atom. The molecule has 0 radical (unpaired) electrons. The lowest BCUT2D eigenvalue weighted by Gasteiger charge is -2.30. The predicted molar refractivity (Wildman–Crippen MR) is 55.3 cm³/mol. The number of hydrogen-bond donors (Lipinski definition) is 0. The van der Waals surface area contributed by atoms with E-state index in [1.165, 1.54) is 0 Å². The summed E-state index contributed by atoms with van der Waals surface area (Å²) < 4.78 is 0. The fraction of sp³-hybridized carbons (Fsp3) is 0.222. The molecule has 78 valence electrons. The van der Waals surface area contributed by atoms with Gasteiger partial charge in [-0.2, -0.15) is 0 Å². The Morgan fingerprint density at radius 3 is 3.07 bits per heavy atom. The second-order valence-electron chi connectivity index (χ2n) is 3.07. The maximum atomic E-state index is 10.4. The van der Waals surface area contributed by atoms with Gasteiger partial charge in [0, 0.05) is 6.20 Å². The quantitative estimate of drug-likeness (QED) is 0.494. The van der Waals surface area contributed by atoms with E-state index in [4.69, 9.17) is 0 Å². The number of nitrogens with zero attached hydrogens (tertiary/aromatic N) is 4. The fourth-order valence-corrected chi connectivity index (χ4v) is 1.43. The summed E-state index contributed by atoms with van der Waals surface area (Å²) in [7, 11) is 0. The van der Waals surface area contributed by atoms with Gasteiger partial charge in [-0.05, 0) is 12.2 Å². The Bertz CT molecular complexity index is 384. The van der Waals surface area contributed by atoms with Crippen molar-refractivity contribution in [2.75, 3.05) is 13.1 Å². The molecule has 0 fully saturated rings. The van der Waals surface area contributed by atoms with Crippen molar-refractivity contribution in [3.05, 3.63) is 46.4 Å². The molecule has 0 saturated carbocycles. The van der Waals surface area contributed by atoms with Gasteiger partial charge in [0.15, 0.2) is 0 Å². The monoisotopic (exact) mass is 206 g/mol.